The van der Waals surface area contributed by atoms with Gasteiger partial charge in [0.1, 0.15) is 0 Å². The van der Waals surface area contributed by atoms with E-state index in [-0.39, 0.29) is 5.97 Å². The fraction of sp³-hybridized carbons (Fsp3) is 0.294. The molecule has 0 atom stereocenters. The van der Waals surface area contributed by atoms with E-state index >= 15 is 0 Å². The highest BCUT2D eigenvalue weighted by atomic mass is 16.5. The Kier molecular flexibility index (Phi) is 4.18. The van der Waals surface area contributed by atoms with Gasteiger partial charge in [-0.2, -0.15) is 0 Å². The molecule has 0 aliphatic rings. The molecule has 0 fully saturated rings. The molecule has 20 heavy (non-hydrogen) atoms. The van der Waals surface area contributed by atoms with Crippen LogP contribution >= 0.6 is 0 Å². The van der Waals surface area contributed by atoms with E-state index in [4.69, 9.17) is 4.74 Å². The van der Waals surface area contributed by atoms with Gasteiger partial charge in [0.2, 0.25) is 0 Å². The molecule has 0 amide bonds. The Morgan fingerprint density at radius 1 is 1.25 bits per heavy atom. The minimum atomic E-state index is -0.315. The summed E-state index contributed by atoms with van der Waals surface area (Å²) >= 11 is 0. The molecule has 0 spiro atoms. The molecule has 0 N–H and O–H groups in total. The summed E-state index contributed by atoms with van der Waals surface area (Å²) in [5, 5.41) is 0. The van der Waals surface area contributed by atoms with E-state index in [9.17, 15) is 4.79 Å². The van der Waals surface area contributed by atoms with E-state index in [0.29, 0.717) is 11.5 Å². The third kappa shape index (κ3) is 2.87. The van der Waals surface area contributed by atoms with Crippen LogP contribution in [0.2, 0.25) is 0 Å². The normalized spacial score (nSPS) is 10.7. The van der Waals surface area contributed by atoms with E-state index in [0.717, 1.165) is 16.7 Å². The summed E-state index contributed by atoms with van der Waals surface area (Å²) < 4.78 is 4.81. The van der Waals surface area contributed by atoms with Gasteiger partial charge in [0.15, 0.2) is 0 Å². The number of hydrogen-bond acceptors (Lipinski definition) is 3. The number of ether oxygens (including phenoxy) is 1. The van der Waals surface area contributed by atoms with Crippen molar-refractivity contribution in [1.29, 1.82) is 0 Å². The highest BCUT2D eigenvalue weighted by Crippen LogP contribution is 2.29. The molecule has 3 heteroatoms. The number of rotatable bonds is 3. The monoisotopic (exact) mass is 269 g/mol. The Hall–Kier alpha value is -2.16. The van der Waals surface area contributed by atoms with Gasteiger partial charge in [-0.3, -0.25) is 4.98 Å². The lowest BCUT2D eigenvalue weighted by molar-refractivity contribution is 0.0600. The van der Waals surface area contributed by atoms with Gasteiger partial charge in [0.05, 0.1) is 12.7 Å². The predicted molar refractivity (Wildman–Crippen MR) is 79.8 cm³/mol. The van der Waals surface area contributed by atoms with Crippen molar-refractivity contribution in [3.05, 3.63) is 53.3 Å². The molecule has 0 unspecified atom stereocenters. The van der Waals surface area contributed by atoms with Crippen LogP contribution in [0.4, 0.5) is 0 Å². The third-order valence-electron chi connectivity index (χ3n) is 3.29. The van der Waals surface area contributed by atoms with Gasteiger partial charge in [-0.25, -0.2) is 4.79 Å². The lowest BCUT2D eigenvalue weighted by atomic mass is 9.92. The fourth-order valence-electron chi connectivity index (χ4n) is 2.32. The molecule has 0 aliphatic carbocycles. The fourth-order valence-corrected chi connectivity index (χ4v) is 2.32. The second kappa shape index (κ2) is 5.87. The predicted octanol–water partition coefficient (Wildman–Crippen LogP) is 3.97. The van der Waals surface area contributed by atoms with Gasteiger partial charge in [-0.05, 0) is 47.7 Å². The minimum Gasteiger partial charge on any atom is -0.465 e. The first-order valence-corrected chi connectivity index (χ1v) is 6.67. The molecule has 2 aromatic rings. The van der Waals surface area contributed by atoms with Crippen molar-refractivity contribution < 1.29 is 9.53 Å². The topological polar surface area (TPSA) is 39.2 Å². The van der Waals surface area contributed by atoms with E-state index in [1.165, 1.54) is 12.7 Å². The quantitative estimate of drug-likeness (QED) is 0.791. The van der Waals surface area contributed by atoms with Gasteiger partial charge in [0, 0.05) is 18.0 Å². The number of pyridine rings is 1. The van der Waals surface area contributed by atoms with Crippen molar-refractivity contribution in [3.63, 3.8) is 0 Å². The van der Waals surface area contributed by atoms with Gasteiger partial charge in [-0.1, -0.05) is 19.9 Å². The molecule has 3 nitrogen and oxygen atoms in total. The average Bonchev–Trinajstić information content (AvgIpc) is 2.45. The summed E-state index contributed by atoms with van der Waals surface area (Å²) in [7, 11) is 1.40. The van der Waals surface area contributed by atoms with Gasteiger partial charge < -0.3 is 4.74 Å². The maximum atomic E-state index is 11.7. The first kappa shape index (κ1) is 14.3. The largest absolute Gasteiger partial charge is 0.465 e. The van der Waals surface area contributed by atoms with E-state index < -0.39 is 0 Å². The Labute approximate surface area is 119 Å². The Balaban J connectivity index is 2.59. The Bertz CT molecular complexity index is 633. The number of methoxy groups -OCH3 is 1. The number of carbonyl (C=O) groups excluding carboxylic acids is 1. The van der Waals surface area contributed by atoms with Crippen LogP contribution in [-0.4, -0.2) is 18.1 Å². The number of hydrogen-bond donors (Lipinski definition) is 0. The van der Waals surface area contributed by atoms with Crippen molar-refractivity contribution in [2.75, 3.05) is 7.11 Å². The van der Waals surface area contributed by atoms with Gasteiger partial charge >= 0.3 is 5.97 Å². The zero-order valence-electron chi connectivity index (χ0n) is 12.3. The van der Waals surface area contributed by atoms with E-state index in [1.54, 1.807) is 6.20 Å². The summed E-state index contributed by atoms with van der Waals surface area (Å²) in [6.07, 6.45) is 3.65. The van der Waals surface area contributed by atoms with Gasteiger partial charge in [-0.15, -0.1) is 0 Å². The molecule has 0 bridgehead atoms. The zero-order chi connectivity index (χ0) is 14.7. The maximum Gasteiger partial charge on any atom is 0.337 e. The second-order valence-corrected chi connectivity index (χ2v) is 5.20. The molecule has 2 rings (SSSR count). The van der Waals surface area contributed by atoms with Crippen LogP contribution in [0.3, 0.4) is 0 Å². The highest BCUT2D eigenvalue weighted by Gasteiger charge is 2.12. The Morgan fingerprint density at radius 2 is 2.00 bits per heavy atom. The first-order chi connectivity index (χ1) is 9.52. The smallest absolute Gasteiger partial charge is 0.337 e. The summed E-state index contributed by atoms with van der Waals surface area (Å²) in [6, 6.07) is 7.79. The van der Waals surface area contributed by atoms with Crippen LogP contribution in [-0.2, 0) is 4.74 Å². The minimum absolute atomic E-state index is 0.315. The number of nitrogens with zero attached hydrogens (tertiary/aromatic N) is 1. The van der Waals surface area contributed by atoms with Crippen molar-refractivity contribution in [1.82, 2.24) is 4.98 Å². The van der Waals surface area contributed by atoms with Crippen LogP contribution in [0.1, 0.15) is 41.3 Å². The zero-order valence-corrected chi connectivity index (χ0v) is 12.3. The second-order valence-electron chi connectivity index (χ2n) is 5.20. The molecule has 1 heterocycles. The molecule has 0 radical (unpaired) electrons. The summed E-state index contributed by atoms with van der Waals surface area (Å²) in [5.74, 6) is 0.0834. The summed E-state index contributed by atoms with van der Waals surface area (Å²) in [4.78, 5) is 15.9. The SMILES string of the molecule is COC(=O)c1cc(C)cc(-c2cnccc2C(C)C)c1. The van der Waals surface area contributed by atoms with Crippen LogP contribution in [0.15, 0.2) is 36.7 Å². The van der Waals surface area contributed by atoms with E-state index in [2.05, 4.69) is 24.9 Å². The maximum absolute atomic E-state index is 11.7. The Morgan fingerprint density at radius 3 is 2.65 bits per heavy atom. The van der Waals surface area contributed by atoms with Crippen LogP contribution in [0.25, 0.3) is 11.1 Å². The summed E-state index contributed by atoms with van der Waals surface area (Å²) in [5.41, 5.74) is 4.89. The summed E-state index contributed by atoms with van der Waals surface area (Å²) in [6.45, 7) is 6.27. The van der Waals surface area contributed by atoms with Crippen LogP contribution in [0.5, 0.6) is 0 Å². The standard InChI is InChI=1S/C17H19NO2/c1-11(2)15-5-6-18-10-16(15)13-7-12(3)8-14(9-13)17(19)20-4/h5-11H,1-4H3. The van der Waals surface area contributed by atoms with Crippen LogP contribution < -0.4 is 0 Å². The molecule has 0 aliphatic heterocycles. The molecule has 1 aromatic carbocycles. The highest BCUT2D eigenvalue weighted by molar-refractivity contribution is 5.91. The third-order valence-corrected chi connectivity index (χ3v) is 3.29. The number of aromatic nitrogens is 1. The lowest BCUT2D eigenvalue weighted by Crippen LogP contribution is -2.02. The van der Waals surface area contributed by atoms with Crippen molar-refractivity contribution in [2.45, 2.75) is 26.7 Å². The first-order valence-electron chi connectivity index (χ1n) is 6.67. The van der Waals surface area contributed by atoms with Crippen molar-refractivity contribution in [3.8, 4) is 11.1 Å². The molecule has 104 valence electrons. The van der Waals surface area contributed by atoms with Crippen LogP contribution in [0, 0.1) is 6.92 Å². The molecular weight excluding hydrogens is 250 g/mol. The molecular formula is C17H19NO2. The lowest BCUT2D eigenvalue weighted by Gasteiger charge is -2.13. The number of carbonyl (C=O) groups is 1. The van der Waals surface area contributed by atoms with Gasteiger partial charge in [0.25, 0.3) is 0 Å². The van der Waals surface area contributed by atoms with Crippen molar-refractivity contribution >= 4 is 5.97 Å². The van der Waals surface area contributed by atoms with Crippen molar-refractivity contribution in [2.24, 2.45) is 0 Å². The number of benzene rings is 1. The average molecular weight is 269 g/mol. The van der Waals surface area contributed by atoms with E-state index in [1.807, 2.05) is 31.3 Å². The molecule has 0 saturated carbocycles. The molecule has 0 saturated heterocycles. The number of esters is 1. The number of aryl methyl sites for hydroxylation is 1. The molecule has 1 aromatic heterocycles.